The van der Waals surface area contributed by atoms with E-state index in [-0.39, 0.29) is 17.4 Å². The summed E-state index contributed by atoms with van der Waals surface area (Å²) >= 11 is 1.37. The van der Waals surface area contributed by atoms with Gasteiger partial charge in [0, 0.05) is 0 Å². The fourth-order valence-electron chi connectivity index (χ4n) is 0.581. The Morgan fingerprint density at radius 2 is 2.50 bits per heavy atom. The third-order valence-electron chi connectivity index (χ3n) is 0.923. The van der Waals surface area contributed by atoms with Gasteiger partial charge in [0.05, 0.1) is 5.75 Å². The van der Waals surface area contributed by atoms with Crippen LogP contribution < -0.4 is 16.8 Å². The second kappa shape index (κ2) is 2.78. The minimum atomic E-state index is -0.280. The molecule has 1 atom stereocenters. The smallest absolute Gasteiger partial charge is 0.232 e. The Labute approximate surface area is 62.2 Å². The molecular formula is C4H8N4OS. The topological polar surface area (TPSA) is 93.5 Å². The number of carbonyl (C=O) groups is 1. The van der Waals surface area contributed by atoms with Gasteiger partial charge in [-0.2, -0.15) is 0 Å². The average Bonchev–Trinajstić information content (AvgIpc) is 2.13. The summed E-state index contributed by atoms with van der Waals surface area (Å²) in [6.07, 6.45) is 0. The molecule has 0 spiro atoms. The van der Waals surface area contributed by atoms with Crippen molar-refractivity contribution in [3.63, 3.8) is 0 Å². The molecule has 1 aliphatic rings. The summed E-state index contributed by atoms with van der Waals surface area (Å²) in [5, 5.41) is 2.56. The molecule has 1 fully saturated rings. The molecule has 1 aliphatic heterocycles. The van der Waals surface area contributed by atoms with Gasteiger partial charge in [-0.05, 0) is 0 Å². The number of nitrogens with zero attached hydrogens (tertiary/aromatic N) is 1. The van der Waals surface area contributed by atoms with E-state index in [0.717, 1.165) is 0 Å². The number of rotatable bonds is 1. The van der Waals surface area contributed by atoms with E-state index in [0.29, 0.717) is 5.75 Å². The number of amides is 1. The van der Waals surface area contributed by atoms with E-state index in [4.69, 9.17) is 11.5 Å². The summed E-state index contributed by atoms with van der Waals surface area (Å²) in [7, 11) is 0. The van der Waals surface area contributed by atoms with E-state index in [2.05, 4.69) is 10.3 Å². The maximum absolute atomic E-state index is 10.6. The van der Waals surface area contributed by atoms with Gasteiger partial charge in [-0.25, -0.2) is 4.99 Å². The highest BCUT2D eigenvalue weighted by Crippen LogP contribution is 2.14. The number of hydrogen-bond donors (Lipinski definition) is 3. The number of hydrogen-bond acceptors (Lipinski definition) is 3. The molecule has 10 heavy (non-hydrogen) atoms. The fraction of sp³-hybridized carbons (Fsp3) is 0.500. The number of guanidine groups is 1. The van der Waals surface area contributed by atoms with Gasteiger partial charge < -0.3 is 16.8 Å². The molecule has 0 radical (unpaired) electrons. The van der Waals surface area contributed by atoms with Gasteiger partial charge >= 0.3 is 0 Å². The van der Waals surface area contributed by atoms with Crippen LogP contribution in [0.3, 0.4) is 0 Å². The van der Waals surface area contributed by atoms with Gasteiger partial charge in [-0.15, -0.1) is 11.8 Å². The molecule has 1 heterocycles. The zero-order valence-corrected chi connectivity index (χ0v) is 6.02. The average molecular weight is 160 g/mol. The lowest BCUT2D eigenvalue weighted by atomic mass is 10.7. The SMILES string of the molecule is NC(N)=NC1NC(=O)CS1. The molecule has 5 nitrogen and oxygen atoms in total. The van der Waals surface area contributed by atoms with Crippen LogP contribution in [-0.4, -0.2) is 23.1 Å². The van der Waals surface area contributed by atoms with E-state index >= 15 is 0 Å². The van der Waals surface area contributed by atoms with Crippen LogP contribution in [-0.2, 0) is 4.79 Å². The number of thioether (sulfide) groups is 1. The molecule has 5 N–H and O–H groups in total. The highest BCUT2D eigenvalue weighted by Gasteiger charge is 2.19. The van der Waals surface area contributed by atoms with Crippen molar-refractivity contribution in [3.8, 4) is 0 Å². The molecule has 1 amide bonds. The summed E-state index contributed by atoms with van der Waals surface area (Å²) in [4.78, 5) is 14.3. The third kappa shape index (κ3) is 1.80. The van der Waals surface area contributed by atoms with Crippen molar-refractivity contribution in [1.82, 2.24) is 5.32 Å². The van der Waals surface area contributed by atoms with Crippen LogP contribution in [0.1, 0.15) is 0 Å². The number of aliphatic imine (C=N–C) groups is 1. The fourth-order valence-corrected chi connectivity index (χ4v) is 1.38. The number of nitrogens with one attached hydrogen (secondary N) is 1. The van der Waals surface area contributed by atoms with E-state index in [1.165, 1.54) is 11.8 Å². The van der Waals surface area contributed by atoms with E-state index in [1.807, 2.05) is 0 Å². The molecule has 0 aliphatic carbocycles. The molecule has 0 aromatic carbocycles. The lowest BCUT2D eigenvalue weighted by Crippen LogP contribution is -2.29. The maximum atomic E-state index is 10.6. The molecular weight excluding hydrogens is 152 g/mol. The Balaban J connectivity index is 2.46. The Kier molecular flexibility index (Phi) is 2.00. The Bertz CT molecular complexity index is 176. The second-order valence-electron chi connectivity index (χ2n) is 1.78. The minimum Gasteiger partial charge on any atom is -0.370 e. The normalized spacial score (nSPS) is 24.0. The first-order valence-corrected chi connectivity index (χ1v) is 3.73. The van der Waals surface area contributed by atoms with E-state index in [9.17, 15) is 4.79 Å². The predicted octanol–water partition coefficient (Wildman–Crippen LogP) is -1.59. The highest BCUT2D eigenvalue weighted by molar-refractivity contribution is 8.01. The van der Waals surface area contributed by atoms with Gasteiger partial charge in [0.25, 0.3) is 0 Å². The van der Waals surface area contributed by atoms with Crippen molar-refractivity contribution >= 4 is 23.6 Å². The van der Waals surface area contributed by atoms with Crippen LogP contribution >= 0.6 is 11.8 Å². The summed E-state index contributed by atoms with van der Waals surface area (Å²) in [5.74, 6) is 0.404. The Morgan fingerprint density at radius 1 is 1.80 bits per heavy atom. The van der Waals surface area contributed by atoms with Crippen molar-refractivity contribution < 1.29 is 4.79 Å². The summed E-state index contributed by atoms with van der Waals surface area (Å²) in [6.45, 7) is 0. The van der Waals surface area contributed by atoms with Gasteiger partial charge in [0.1, 0.15) is 0 Å². The Morgan fingerprint density at radius 3 is 2.90 bits per heavy atom. The predicted molar refractivity (Wildman–Crippen MR) is 40.2 cm³/mol. The standard InChI is InChI=1S/C4H8N4OS/c5-3(6)8-4-7-2(9)1-10-4/h4H,1H2,(H,7,9)(H4,5,6,8). The quantitative estimate of drug-likeness (QED) is 0.318. The molecule has 1 rings (SSSR count). The van der Waals surface area contributed by atoms with Gasteiger partial charge in [-0.3, -0.25) is 4.79 Å². The first-order chi connectivity index (χ1) is 4.68. The summed E-state index contributed by atoms with van der Waals surface area (Å²) < 4.78 is 0. The maximum Gasteiger partial charge on any atom is 0.232 e. The molecule has 0 saturated carbocycles. The second-order valence-corrected chi connectivity index (χ2v) is 2.85. The van der Waals surface area contributed by atoms with Gasteiger partial charge in [0.15, 0.2) is 11.5 Å². The monoisotopic (exact) mass is 160 g/mol. The zero-order valence-electron chi connectivity index (χ0n) is 5.20. The van der Waals surface area contributed by atoms with Crippen LogP contribution in [0.25, 0.3) is 0 Å². The largest absolute Gasteiger partial charge is 0.370 e. The number of nitrogens with two attached hydrogens (primary N) is 2. The van der Waals surface area contributed by atoms with Crippen molar-refractivity contribution in [2.75, 3.05) is 5.75 Å². The van der Waals surface area contributed by atoms with Crippen molar-refractivity contribution in [2.24, 2.45) is 16.5 Å². The van der Waals surface area contributed by atoms with Crippen LogP contribution in [0.15, 0.2) is 4.99 Å². The van der Waals surface area contributed by atoms with Crippen molar-refractivity contribution in [3.05, 3.63) is 0 Å². The number of carbonyl (C=O) groups excluding carboxylic acids is 1. The van der Waals surface area contributed by atoms with Crippen LogP contribution in [0.2, 0.25) is 0 Å². The molecule has 6 heteroatoms. The zero-order chi connectivity index (χ0) is 7.56. The molecule has 1 unspecified atom stereocenters. The molecule has 0 aromatic rings. The lowest BCUT2D eigenvalue weighted by Gasteiger charge is -2.00. The first-order valence-electron chi connectivity index (χ1n) is 2.68. The lowest BCUT2D eigenvalue weighted by molar-refractivity contribution is -0.118. The molecule has 0 aromatic heterocycles. The van der Waals surface area contributed by atoms with Crippen molar-refractivity contribution in [2.45, 2.75) is 5.50 Å². The Hall–Kier alpha value is -0.910. The summed E-state index contributed by atoms with van der Waals surface area (Å²) in [5.41, 5.74) is 9.88. The van der Waals surface area contributed by atoms with E-state index in [1.54, 1.807) is 0 Å². The first kappa shape index (κ1) is 7.20. The third-order valence-corrected chi connectivity index (χ3v) is 1.89. The highest BCUT2D eigenvalue weighted by atomic mass is 32.2. The van der Waals surface area contributed by atoms with Crippen LogP contribution in [0, 0.1) is 0 Å². The molecule has 56 valence electrons. The molecule has 1 saturated heterocycles. The van der Waals surface area contributed by atoms with E-state index < -0.39 is 0 Å². The molecule has 0 bridgehead atoms. The van der Waals surface area contributed by atoms with Crippen LogP contribution in [0.5, 0.6) is 0 Å². The van der Waals surface area contributed by atoms with Crippen LogP contribution in [0.4, 0.5) is 0 Å². The minimum absolute atomic E-state index is 0.000278. The summed E-state index contributed by atoms with van der Waals surface area (Å²) in [6, 6.07) is 0. The van der Waals surface area contributed by atoms with Gasteiger partial charge in [0.2, 0.25) is 5.91 Å². The van der Waals surface area contributed by atoms with Gasteiger partial charge in [-0.1, -0.05) is 0 Å². The van der Waals surface area contributed by atoms with Crippen molar-refractivity contribution in [1.29, 1.82) is 0 Å².